The number of pyridine rings is 1. The first-order chi connectivity index (χ1) is 16.7. The minimum Gasteiger partial charge on any atom is -0.680 e. The van der Waals surface area contributed by atoms with Crippen LogP contribution < -0.4 is 0 Å². The van der Waals surface area contributed by atoms with Crippen LogP contribution >= 0.6 is 0 Å². The molecule has 2 nitrogen and oxygen atoms in total. The Balaban J connectivity index is 0.000000192. The van der Waals surface area contributed by atoms with Gasteiger partial charge in [-0.1, -0.05) is 80.6 Å². The van der Waals surface area contributed by atoms with Crippen LogP contribution in [-0.2, 0) is 20.1 Å². The fraction of sp³-hybridized carbons (Fsp3) is 0.156. The van der Waals surface area contributed by atoms with Gasteiger partial charge in [0.1, 0.15) is 0 Å². The van der Waals surface area contributed by atoms with Gasteiger partial charge in [0.15, 0.2) is 0 Å². The molecule has 0 aliphatic carbocycles. The molecule has 1 unspecified atom stereocenters. The number of benzene rings is 3. The van der Waals surface area contributed by atoms with Gasteiger partial charge in [0.2, 0.25) is 0 Å². The summed E-state index contributed by atoms with van der Waals surface area (Å²) >= 11 is 0. The summed E-state index contributed by atoms with van der Waals surface area (Å²) in [7, 11) is 0. The molecule has 0 radical (unpaired) electrons. The van der Waals surface area contributed by atoms with E-state index < -0.39 is 0 Å². The van der Waals surface area contributed by atoms with E-state index in [1.807, 2.05) is 60.7 Å². The number of hydrogen-bond acceptors (Lipinski definition) is 1. The van der Waals surface area contributed by atoms with E-state index in [2.05, 4.69) is 79.5 Å². The van der Waals surface area contributed by atoms with Crippen LogP contribution in [0.1, 0.15) is 31.9 Å². The molecule has 1 aromatic heterocycles. The van der Waals surface area contributed by atoms with Crippen molar-refractivity contribution in [1.82, 2.24) is 4.98 Å². The minimum atomic E-state index is 0. The summed E-state index contributed by atoms with van der Waals surface area (Å²) in [6, 6.07) is 37.1. The van der Waals surface area contributed by atoms with Crippen LogP contribution in [0.4, 0.5) is 0 Å². The van der Waals surface area contributed by atoms with E-state index in [9.17, 15) is 0 Å². The van der Waals surface area contributed by atoms with Crippen molar-refractivity contribution in [2.45, 2.75) is 26.3 Å². The van der Waals surface area contributed by atoms with E-state index in [-0.39, 0.29) is 26.1 Å². The van der Waals surface area contributed by atoms with Gasteiger partial charge in [-0.25, -0.2) is 0 Å². The maximum atomic E-state index is 4.74. The van der Waals surface area contributed by atoms with Crippen LogP contribution in [-0.4, -0.2) is 4.98 Å². The van der Waals surface area contributed by atoms with E-state index in [4.69, 9.17) is 5.32 Å². The van der Waals surface area contributed by atoms with Gasteiger partial charge < -0.3 is 10.3 Å². The van der Waals surface area contributed by atoms with Gasteiger partial charge in [0, 0.05) is 6.20 Å². The van der Waals surface area contributed by atoms with E-state index in [0.717, 1.165) is 23.2 Å². The summed E-state index contributed by atoms with van der Waals surface area (Å²) < 4.78 is 0. The molecule has 35 heavy (non-hydrogen) atoms. The summed E-state index contributed by atoms with van der Waals surface area (Å²) in [6.45, 7) is 4.44. The molecule has 176 valence electrons. The molecule has 2 heterocycles. The summed E-state index contributed by atoms with van der Waals surface area (Å²) in [5, 5.41) is 4.74. The Hall–Kier alpha value is -3.26. The van der Waals surface area contributed by atoms with Gasteiger partial charge in [-0.15, -0.1) is 35.4 Å². The van der Waals surface area contributed by atoms with Crippen LogP contribution in [0.5, 0.6) is 0 Å². The number of hydrogen-bond donors (Lipinski definition) is 0. The molecule has 1 atom stereocenters. The van der Waals surface area contributed by atoms with Crippen molar-refractivity contribution >= 4 is 0 Å². The van der Waals surface area contributed by atoms with Crippen molar-refractivity contribution in [3.05, 3.63) is 144 Å². The van der Waals surface area contributed by atoms with E-state index >= 15 is 0 Å². The van der Waals surface area contributed by atoms with Crippen LogP contribution in [0.25, 0.3) is 27.7 Å². The zero-order valence-electron chi connectivity index (χ0n) is 20.1. The summed E-state index contributed by atoms with van der Waals surface area (Å²) in [4.78, 5) is 4.35. The first-order valence-electron chi connectivity index (χ1n) is 11.7. The van der Waals surface area contributed by atoms with Crippen molar-refractivity contribution in [3.63, 3.8) is 0 Å². The number of nitrogens with zero attached hydrogens (tertiary/aromatic N) is 2. The second kappa shape index (κ2) is 13.6. The first-order valence-corrected chi connectivity index (χ1v) is 11.7. The fourth-order valence-electron chi connectivity index (χ4n) is 3.79. The Bertz CT molecular complexity index is 1160. The Morgan fingerprint density at radius 1 is 0.857 bits per heavy atom. The van der Waals surface area contributed by atoms with Gasteiger partial charge in [-0.2, -0.15) is 41.6 Å². The molecule has 0 N–H and O–H groups in total. The minimum absolute atomic E-state index is 0. The predicted molar refractivity (Wildman–Crippen MR) is 142 cm³/mol. The first kappa shape index (κ1) is 26.3. The molecule has 0 spiro atoms. The molecule has 1 aliphatic heterocycles. The third kappa shape index (κ3) is 7.89. The maximum Gasteiger partial charge on any atom is 3.00 e. The zero-order valence-corrected chi connectivity index (χ0v) is 22.5. The van der Waals surface area contributed by atoms with Gasteiger partial charge in [-0.3, -0.25) is 0 Å². The average Bonchev–Trinajstić information content (AvgIpc) is 2.90. The number of rotatable bonds is 5. The molecule has 0 amide bonds. The predicted octanol–water partition coefficient (Wildman–Crippen LogP) is 8.61. The third-order valence-electron chi connectivity index (χ3n) is 5.41. The van der Waals surface area contributed by atoms with Crippen LogP contribution in [0.2, 0.25) is 0 Å². The van der Waals surface area contributed by atoms with Crippen molar-refractivity contribution < 1.29 is 20.1 Å². The summed E-state index contributed by atoms with van der Waals surface area (Å²) in [6.07, 6.45) is 9.19. The molecule has 0 fully saturated rings. The summed E-state index contributed by atoms with van der Waals surface area (Å²) in [5.74, 6) is 0.655. The van der Waals surface area contributed by atoms with Gasteiger partial charge >= 0.3 is 20.1 Å². The fourth-order valence-corrected chi connectivity index (χ4v) is 3.79. The van der Waals surface area contributed by atoms with E-state index in [1.54, 1.807) is 6.20 Å². The molecular formula is C32H29IrN2. The number of allylic oxidation sites excluding steroid dienone is 3. The standard InChI is InChI=1S/C17H12N.C15H17N.Ir/c1-2-7-14(8-3-1)15-9-6-10-16(13-15)17-11-4-5-12-18-17;1-12(2)11-14-9-6-10-15(16-14)13-7-4-3-5-8-13;/h1-9,11-13H;3-7,9-10,12,15H,11H2,1-2H3;/q-1;-2;+3. The van der Waals surface area contributed by atoms with Gasteiger partial charge in [0.25, 0.3) is 0 Å². The molecule has 4 aromatic rings. The Morgan fingerprint density at radius 3 is 2.37 bits per heavy atom. The normalized spacial score (nSPS) is 14.1. The molecule has 5 rings (SSSR count). The van der Waals surface area contributed by atoms with Gasteiger partial charge in [0.05, 0.1) is 0 Å². The largest absolute Gasteiger partial charge is 3.00 e. The van der Waals surface area contributed by atoms with Gasteiger partial charge in [-0.05, 0) is 29.7 Å². The molecule has 0 saturated carbocycles. The monoisotopic (exact) mass is 634 g/mol. The molecule has 1 aliphatic rings. The maximum absolute atomic E-state index is 4.74. The van der Waals surface area contributed by atoms with Crippen molar-refractivity contribution in [2.24, 2.45) is 5.92 Å². The van der Waals surface area contributed by atoms with E-state index in [0.29, 0.717) is 5.92 Å². The average molecular weight is 634 g/mol. The third-order valence-corrected chi connectivity index (χ3v) is 5.41. The van der Waals surface area contributed by atoms with E-state index in [1.165, 1.54) is 16.8 Å². The Kier molecular flexibility index (Phi) is 10.2. The molecule has 0 saturated heterocycles. The molecular weight excluding hydrogens is 605 g/mol. The number of aromatic nitrogens is 1. The summed E-state index contributed by atoms with van der Waals surface area (Å²) in [5.41, 5.74) is 6.72. The molecule has 0 bridgehead atoms. The van der Waals surface area contributed by atoms with Crippen molar-refractivity contribution in [1.29, 1.82) is 0 Å². The van der Waals surface area contributed by atoms with Crippen molar-refractivity contribution in [3.8, 4) is 22.4 Å². The Morgan fingerprint density at radius 2 is 1.66 bits per heavy atom. The van der Waals surface area contributed by atoms with Crippen LogP contribution in [0.3, 0.4) is 0 Å². The van der Waals surface area contributed by atoms with Crippen LogP contribution in [0.15, 0.2) is 121 Å². The zero-order chi connectivity index (χ0) is 23.6. The Labute approximate surface area is 223 Å². The quantitative estimate of drug-likeness (QED) is 0.202. The molecule has 3 aromatic carbocycles. The molecule has 3 heteroatoms. The second-order valence-corrected chi connectivity index (χ2v) is 8.60. The van der Waals surface area contributed by atoms with Crippen LogP contribution in [0, 0.1) is 18.1 Å². The second-order valence-electron chi connectivity index (χ2n) is 8.60. The van der Waals surface area contributed by atoms with Crippen molar-refractivity contribution in [2.75, 3.05) is 0 Å². The smallest absolute Gasteiger partial charge is 0.680 e. The SMILES string of the molecule is CC(C)CC1=CC=CC(c2[c-]cccc2)[N-]1.[Ir+3].[c-]1ccc(-c2ccccc2)cc1-c1ccccn1. The topological polar surface area (TPSA) is 27.0 Å².